The highest BCUT2D eigenvalue weighted by Gasteiger charge is 2.24. The van der Waals surface area contributed by atoms with Crippen molar-refractivity contribution in [3.8, 4) is 0 Å². The largest absolute Gasteiger partial charge is 0.315 e. The maximum absolute atomic E-state index is 4.55. The summed E-state index contributed by atoms with van der Waals surface area (Å²) in [7, 11) is 0. The average Bonchev–Trinajstić information content (AvgIpc) is 2.86. The first kappa shape index (κ1) is 12.0. The van der Waals surface area contributed by atoms with Gasteiger partial charge >= 0.3 is 0 Å². The third kappa shape index (κ3) is 3.03. The summed E-state index contributed by atoms with van der Waals surface area (Å²) in [5.41, 5.74) is 1.24. The average molecular weight is 239 g/mol. The molecule has 2 rings (SSSR count). The van der Waals surface area contributed by atoms with Gasteiger partial charge in [0.05, 0.1) is 10.7 Å². The van der Waals surface area contributed by atoms with Gasteiger partial charge in [-0.15, -0.1) is 11.3 Å². The van der Waals surface area contributed by atoms with Crippen LogP contribution in [0.1, 0.15) is 30.5 Å². The van der Waals surface area contributed by atoms with Crippen LogP contribution >= 0.6 is 11.3 Å². The van der Waals surface area contributed by atoms with Gasteiger partial charge in [-0.1, -0.05) is 6.92 Å². The van der Waals surface area contributed by atoms with Crippen LogP contribution in [0, 0.1) is 6.92 Å². The van der Waals surface area contributed by atoms with Crippen molar-refractivity contribution in [2.24, 2.45) is 0 Å². The molecule has 1 aliphatic heterocycles. The zero-order chi connectivity index (χ0) is 11.4. The van der Waals surface area contributed by atoms with Crippen LogP contribution in [-0.4, -0.2) is 35.6 Å². The predicted molar refractivity (Wildman–Crippen MR) is 68.8 cm³/mol. The molecule has 1 aromatic rings. The third-order valence-corrected chi connectivity index (χ3v) is 3.98. The van der Waals surface area contributed by atoms with Crippen molar-refractivity contribution in [3.05, 3.63) is 16.1 Å². The second-order valence-electron chi connectivity index (χ2n) is 4.43. The van der Waals surface area contributed by atoms with Gasteiger partial charge in [0.25, 0.3) is 0 Å². The number of rotatable bonds is 5. The van der Waals surface area contributed by atoms with Crippen LogP contribution in [0.15, 0.2) is 5.38 Å². The topological polar surface area (TPSA) is 28.2 Å². The molecule has 0 spiro atoms. The van der Waals surface area contributed by atoms with E-state index in [4.69, 9.17) is 0 Å². The molecule has 1 atom stereocenters. The Morgan fingerprint density at radius 3 is 3.19 bits per heavy atom. The molecular formula is C12H21N3S. The normalized spacial score (nSPS) is 21.8. The minimum atomic E-state index is 0.710. The number of nitrogens with one attached hydrogen (secondary N) is 1. The summed E-state index contributed by atoms with van der Waals surface area (Å²) in [6, 6.07) is 0.710. The molecule has 1 unspecified atom stereocenters. The van der Waals surface area contributed by atoms with Crippen LogP contribution in [-0.2, 0) is 6.54 Å². The van der Waals surface area contributed by atoms with Crippen LogP contribution in [0.25, 0.3) is 0 Å². The van der Waals surface area contributed by atoms with Crippen molar-refractivity contribution in [2.75, 3.05) is 19.6 Å². The van der Waals surface area contributed by atoms with E-state index in [1.807, 2.05) is 0 Å². The monoisotopic (exact) mass is 239 g/mol. The number of thiazole rings is 1. The third-order valence-electron chi connectivity index (χ3n) is 3.16. The molecule has 0 amide bonds. The lowest BCUT2D eigenvalue weighted by atomic mass is 10.2. The van der Waals surface area contributed by atoms with Gasteiger partial charge in [0.2, 0.25) is 0 Å². The number of hydrogen-bond donors (Lipinski definition) is 1. The van der Waals surface area contributed by atoms with Gasteiger partial charge in [0.15, 0.2) is 0 Å². The highest BCUT2D eigenvalue weighted by atomic mass is 32.1. The smallest absolute Gasteiger partial charge is 0.0897 e. The zero-order valence-corrected chi connectivity index (χ0v) is 11.0. The summed E-state index contributed by atoms with van der Waals surface area (Å²) >= 11 is 1.75. The first-order valence-electron chi connectivity index (χ1n) is 6.15. The maximum atomic E-state index is 4.55. The Morgan fingerprint density at radius 1 is 1.62 bits per heavy atom. The molecule has 1 aliphatic rings. The lowest BCUT2D eigenvalue weighted by Crippen LogP contribution is -2.37. The van der Waals surface area contributed by atoms with E-state index in [0.717, 1.165) is 19.6 Å². The van der Waals surface area contributed by atoms with E-state index in [-0.39, 0.29) is 0 Å². The van der Waals surface area contributed by atoms with Crippen LogP contribution in [0.3, 0.4) is 0 Å². The molecule has 1 saturated heterocycles. The van der Waals surface area contributed by atoms with Gasteiger partial charge < -0.3 is 5.32 Å². The summed E-state index contributed by atoms with van der Waals surface area (Å²) < 4.78 is 0. The zero-order valence-electron chi connectivity index (χ0n) is 10.2. The highest BCUT2D eigenvalue weighted by molar-refractivity contribution is 7.09. The molecule has 0 aliphatic carbocycles. The van der Waals surface area contributed by atoms with Gasteiger partial charge in [-0.3, -0.25) is 4.90 Å². The molecule has 0 radical (unpaired) electrons. The fourth-order valence-corrected chi connectivity index (χ4v) is 2.94. The van der Waals surface area contributed by atoms with Gasteiger partial charge in [-0.25, -0.2) is 4.98 Å². The van der Waals surface area contributed by atoms with E-state index < -0.39 is 0 Å². The van der Waals surface area contributed by atoms with Crippen molar-refractivity contribution >= 4 is 11.3 Å². The quantitative estimate of drug-likeness (QED) is 0.852. The Labute approximate surface area is 102 Å². The molecule has 3 nitrogen and oxygen atoms in total. The lowest BCUT2D eigenvalue weighted by Gasteiger charge is -2.23. The molecule has 1 N–H and O–H groups in total. The minimum Gasteiger partial charge on any atom is -0.315 e. The van der Waals surface area contributed by atoms with E-state index in [1.54, 1.807) is 11.3 Å². The Hall–Kier alpha value is -0.450. The molecule has 16 heavy (non-hydrogen) atoms. The summed E-state index contributed by atoms with van der Waals surface area (Å²) in [5.74, 6) is 0. The van der Waals surface area contributed by atoms with Gasteiger partial charge in [-0.05, 0) is 32.9 Å². The number of hydrogen-bond acceptors (Lipinski definition) is 4. The summed E-state index contributed by atoms with van der Waals surface area (Å²) in [6.07, 6.45) is 2.66. The molecule has 0 bridgehead atoms. The number of likely N-dealkylation sites (N-methyl/N-ethyl adjacent to an activating group) is 1. The summed E-state index contributed by atoms with van der Waals surface area (Å²) in [4.78, 5) is 7.11. The molecule has 90 valence electrons. The molecule has 1 fully saturated rings. The predicted octanol–water partition coefficient (Wildman–Crippen LogP) is 2.03. The second kappa shape index (κ2) is 5.75. The van der Waals surface area contributed by atoms with Gasteiger partial charge in [-0.2, -0.15) is 0 Å². The van der Waals surface area contributed by atoms with E-state index >= 15 is 0 Å². The second-order valence-corrected chi connectivity index (χ2v) is 5.49. The minimum absolute atomic E-state index is 0.710. The van der Waals surface area contributed by atoms with Gasteiger partial charge in [0.1, 0.15) is 0 Å². The van der Waals surface area contributed by atoms with Crippen molar-refractivity contribution in [3.63, 3.8) is 0 Å². The summed E-state index contributed by atoms with van der Waals surface area (Å²) in [6.45, 7) is 8.70. The van der Waals surface area contributed by atoms with Crippen molar-refractivity contribution in [1.82, 2.24) is 15.2 Å². The van der Waals surface area contributed by atoms with Crippen LogP contribution < -0.4 is 5.32 Å². The van der Waals surface area contributed by atoms with E-state index in [1.165, 1.54) is 30.1 Å². The molecule has 2 heterocycles. The van der Waals surface area contributed by atoms with E-state index in [2.05, 4.69) is 34.4 Å². The Kier molecular flexibility index (Phi) is 4.32. The summed E-state index contributed by atoms with van der Waals surface area (Å²) in [5, 5.41) is 6.82. The fourth-order valence-electron chi connectivity index (χ4n) is 2.33. The first-order chi connectivity index (χ1) is 7.79. The van der Waals surface area contributed by atoms with E-state index in [9.17, 15) is 0 Å². The van der Waals surface area contributed by atoms with Crippen molar-refractivity contribution in [1.29, 1.82) is 0 Å². The van der Waals surface area contributed by atoms with Crippen molar-refractivity contribution in [2.45, 2.75) is 39.3 Å². The molecule has 1 aromatic heterocycles. The number of likely N-dealkylation sites (tertiary alicyclic amines) is 1. The van der Waals surface area contributed by atoms with Crippen LogP contribution in [0.2, 0.25) is 0 Å². The SMILES string of the molecule is CCNCC1CCCN1Cc1csc(C)n1. The molecule has 4 heteroatoms. The Morgan fingerprint density at radius 2 is 2.50 bits per heavy atom. The highest BCUT2D eigenvalue weighted by Crippen LogP contribution is 2.20. The Balaban J connectivity index is 1.88. The van der Waals surface area contributed by atoms with Gasteiger partial charge in [0, 0.05) is 24.5 Å². The number of nitrogens with zero attached hydrogens (tertiary/aromatic N) is 2. The molecule has 0 saturated carbocycles. The fraction of sp³-hybridized carbons (Fsp3) is 0.750. The molecular weight excluding hydrogens is 218 g/mol. The maximum Gasteiger partial charge on any atom is 0.0897 e. The molecule has 0 aromatic carbocycles. The van der Waals surface area contributed by atoms with Crippen LogP contribution in [0.4, 0.5) is 0 Å². The number of aryl methyl sites for hydroxylation is 1. The number of aromatic nitrogens is 1. The van der Waals surface area contributed by atoms with E-state index in [0.29, 0.717) is 6.04 Å². The standard InChI is InChI=1S/C12H21N3S/c1-3-13-7-12-5-4-6-15(12)8-11-9-16-10(2)14-11/h9,12-13H,3-8H2,1-2H3. The van der Waals surface area contributed by atoms with Crippen LogP contribution in [0.5, 0.6) is 0 Å². The lowest BCUT2D eigenvalue weighted by molar-refractivity contribution is 0.238. The Bertz CT molecular complexity index is 324. The first-order valence-corrected chi connectivity index (χ1v) is 7.03. The van der Waals surface area contributed by atoms with Crippen molar-refractivity contribution < 1.29 is 0 Å².